The molecule has 136 valence electrons. The van der Waals surface area contributed by atoms with Crippen molar-refractivity contribution in [2.45, 2.75) is 13.5 Å². The van der Waals surface area contributed by atoms with Crippen molar-refractivity contribution in [1.29, 1.82) is 0 Å². The molecule has 7 heteroatoms. The third-order valence-corrected chi connectivity index (χ3v) is 3.66. The number of halogens is 1. The predicted molar refractivity (Wildman–Crippen MR) is 95.9 cm³/mol. The topological polar surface area (TPSA) is 68.2 Å². The van der Waals surface area contributed by atoms with Gasteiger partial charge < -0.3 is 9.57 Å². The van der Waals surface area contributed by atoms with E-state index in [9.17, 15) is 14.0 Å². The van der Waals surface area contributed by atoms with Crippen LogP contribution in [0.4, 0.5) is 14.9 Å². The van der Waals surface area contributed by atoms with E-state index in [1.807, 2.05) is 0 Å². The number of nitrogens with zero attached hydrogens (tertiary/aromatic N) is 2. The minimum absolute atomic E-state index is 0.0611. The number of amides is 1. The average molecular weight is 358 g/mol. The highest BCUT2D eigenvalue weighted by Crippen LogP contribution is 2.20. The molecule has 0 aromatic heterocycles. The van der Waals surface area contributed by atoms with E-state index in [1.165, 1.54) is 43.2 Å². The molecule has 0 unspecified atom stereocenters. The first-order chi connectivity index (χ1) is 12.4. The average Bonchev–Trinajstić information content (AvgIpc) is 2.67. The summed E-state index contributed by atoms with van der Waals surface area (Å²) in [5.41, 5.74) is 1.76. The molecule has 2 aromatic rings. The molecule has 0 fully saturated rings. The van der Waals surface area contributed by atoms with Gasteiger partial charge in [0.25, 0.3) is 0 Å². The Labute approximate surface area is 150 Å². The van der Waals surface area contributed by atoms with Crippen molar-refractivity contribution in [2.24, 2.45) is 5.16 Å². The standard InChI is InChI=1S/C19H19FN2O4/c1-13(18(23)14-8-10-16(20)11-9-14)21-26-12-15-6-4-5-7-17(15)22(2)19(24)25-3/h4-11H,12H2,1-3H3/b21-13+. The van der Waals surface area contributed by atoms with Crippen LogP contribution in [0.15, 0.2) is 53.7 Å². The zero-order chi connectivity index (χ0) is 19.1. The molecule has 0 radical (unpaired) electrons. The summed E-state index contributed by atoms with van der Waals surface area (Å²) in [6, 6.07) is 12.3. The molecule has 0 aliphatic rings. The fourth-order valence-corrected chi connectivity index (χ4v) is 2.25. The number of Topliss-reactive ketones (excluding diaryl/α,β-unsaturated/α-hetero) is 1. The summed E-state index contributed by atoms with van der Waals surface area (Å²) in [4.78, 5) is 30.5. The lowest BCUT2D eigenvalue weighted by atomic mass is 10.1. The zero-order valence-corrected chi connectivity index (χ0v) is 14.7. The highest BCUT2D eigenvalue weighted by Gasteiger charge is 2.15. The smallest absolute Gasteiger partial charge is 0.413 e. The van der Waals surface area contributed by atoms with Crippen molar-refractivity contribution in [3.63, 3.8) is 0 Å². The van der Waals surface area contributed by atoms with Crippen molar-refractivity contribution in [1.82, 2.24) is 0 Å². The second kappa shape index (κ2) is 8.75. The van der Waals surface area contributed by atoms with Gasteiger partial charge in [0.15, 0.2) is 0 Å². The molecule has 0 bridgehead atoms. The van der Waals surface area contributed by atoms with Gasteiger partial charge in [-0.1, -0.05) is 23.4 Å². The fraction of sp³-hybridized carbons (Fsp3) is 0.211. The van der Waals surface area contributed by atoms with Gasteiger partial charge in [-0.05, 0) is 37.3 Å². The lowest BCUT2D eigenvalue weighted by Gasteiger charge is -2.18. The number of ketones is 1. The largest absolute Gasteiger partial charge is 0.452 e. The van der Waals surface area contributed by atoms with Crippen molar-refractivity contribution in [2.75, 3.05) is 19.1 Å². The molecule has 6 nitrogen and oxygen atoms in total. The number of rotatable bonds is 6. The fourth-order valence-electron chi connectivity index (χ4n) is 2.25. The molecule has 0 atom stereocenters. The molecule has 0 heterocycles. The van der Waals surface area contributed by atoms with E-state index in [-0.39, 0.29) is 18.1 Å². The maximum absolute atomic E-state index is 12.9. The Morgan fingerprint density at radius 1 is 1.12 bits per heavy atom. The van der Waals surface area contributed by atoms with Crippen LogP contribution in [0.25, 0.3) is 0 Å². The van der Waals surface area contributed by atoms with Gasteiger partial charge in [-0.15, -0.1) is 0 Å². The van der Waals surface area contributed by atoms with Crippen LogP contribution >= 0.6 is 0 Å². The summed E-state index contributed by atoms with van der Waals surface area (Å²) < 4.78 is 17.6. The van der Waals surface area contributed by atoms with Crippen LogP contribution in [0, 0.1) is 5.82 Å². The summed E-state index contributed by atoms with van der Waals surface area (Å²) in [6.45, 7) is 1.57. The Bertz CT molecular complexity index is 819. The lowest BCUT2D eigenvalue weighted by molar-refractivity contribution is 0.103. The number of carbonyl (C=O) groups excluding carboxylic acids is 2. The van der Waals surface area contributed by atoms with E-state index in [0.717, 1.165) is 0 Å². The number of anilines is 1. The molecule has 26 heavy (non-hydrogen) atoms. The third-order valence-electron chi connectivity index (χ3n) is 3.66. The van der Waals surface area contributed by atoms with E-state index in [0.29, 0.717) is 16.8 Å². The Hall–Kier alpha value is -3.22. The third kappa shape index (κ3) is 4.66. The molecular formula is C19H19FN2O4. The molecule has 2 rings (SSSR count). The lowest BCUT2D eigenvalue weighted by Crippen LogP contribution is -2.26. The first-order valence-electron chi connectivity index (χ1n) is 7.80. The summed E-state index contributed by atoms with van der Waals surface area (Å²) in [5.74, 6) is -0.774. The number of oxime groups is 1. The maximum atomic E-state index is 12.9. The number of carbonyl (C=O) groups is 2. The van der Waals surface area contributed by atoms with E-state index >= 15 is 0 Å². The van der Waals surface area contributed by atoms with Crippen LogP contribution in [-0.2, 0) is 16.2 Å². The Balaban J connectivity index is 2.07. The van der Waals surface area contributed by atoms with Crippen molar-refractivity contribution in [3.8, 4) is 0 Å². The molecule has 1 amide bonds. The van der Waals surface area contributed by atoms with Gasteiger partial charge in [0, 0.05) is 18.2 Å². The molecule has 0 saturated carbocycles. The minimum Gasteiger partial charge on any atom is -0.452 e. The number of ether oxygens (including phenoxy) is 1. The monoisotopic (exact) mass is 358 g/mol. The Kier molecular flexibility index (Phi) is 6.43. The van der Waals surface area contributed by atoms with Gasteiger partial charge in [0.2, 0.25) is 5.78 Å². The van der Waals surface area contributed by atoms with E-state index in [1.54, 1.807) is 31.3 Å². The zero-order valence-electron chi connectivity index (χ0n) is 14.7. The second-order valence-electron chi connectivity index (χ2n) is 5.44. The summed E-state index contributed by atoms with van der Waals surface area (Å²) in [7, 11) is 2.88. The summed E-state index contributed by atoms with van der Waals surface area (Å²) >= 11 is 0. The Morgan fingerprint density at radius 2 is 1.77 bits per heavy atom. The van der Waals surface area contributed by atoms with Crippen molar-refractivity contribution in [3.05, 3.63) is 65.5 Å². The van der Waals surface area contributed by atoms with Crippen LogP contribution < -0.4 is 4.90 Å². The van der Waals surface area contributed by atoms with E-state index in [2.05, 4.69) is 5.16 Å². The van der Waals surface area contributed by atoms with Crippen LogP contribution in [0.5, 0.6) is 0 Å². The van der Waals surface area contributed by atoms with Gasteiger partial charge in [0.05, 0.1) is 12.8 Å². The maximum Gasteiger partial charge on any atom is 0.413 e. The van der Waals surface area contributed by atoms with E-state index < -0.39 is 11.9 Å². The van der Waals surface area contributed by atoms with Crippen molar-refractivity contribution < 1.29 is 23.6 Å². The van der Waals surface area contributed by atoms with Gasteiger partial charge in [0.1, 0.15) is 18.1 Å². The quantitative estimate of drug-likeness (QED) is 0.447. The van der Waals surface area contributed by atoms with E-state index in [4.69, 9.17) is 9.57 Å². The van der Waals surface area contributed by atoms with Crippen LogP contribution in [0.1, 0.15) is 22.8 Å². The number of hydrogen-bond donors (Lipinski definition) is 0. The van der Waals surface area contributed by atoms with Gasteiger partial charge in [-0.25, -0.2) is 9.18 Å². The first kappa shape index (κ1) is 19.1. The summed E-state index contributed by atoms with van der Waals surface area (Å²) in [6.07, 6.45) is -0.511. The molecule has 0 aliphatic carbocycles. The summed E-state index contributed by atoms with van der Waals surface area (Å²) in [5, 5.41) is 3.82. The highest BCUT2D eigenvalue weighted by atomic mass is 19.1. The molecule has 0 N–H and O–H groups in total. The number of para-hydroxylation sites is 1. The van der Waals surface area contributed by atoms with Gasteiger partial charge in [-0.3, -0.25) is 9.69 Å². The second-order valence-corrected chi connectivity index (χ2v) is 5.44. The predicted octanol–water partition coefficient (Wildman–Crippen LogP) is 3.80. The normalized spacial score (nSPS) is 11.0. The number of benzene rings is 2. The van der Waals surface area contributed by atoms with Gasteiger partial charge >= 0.3 is 6.09 Å². The SMILES string of the molecule is COC(=O)N(C)c1ccccc1CO/N=C(\C)C(=O)c1ccc(F)cc1. The van der Waals surface area contributed by atoms with Gasteiger partial charge in [-0.2, -0.15) is 0 Å². The molecule has 0 aliphatic heterocycles. The van der Waals surface area contributed by atoms with Crippen molar-refractivity contribution >= 4 is 23.3 Å². The molecular weight excluding hydrogens is 339 g/mol. The van der Waals surface area contributed by atoms with Crippen LogP contribution in [-0.4, -0.2) is 31.7 Å². The number of hydrogen-bond acceptors (Lipinski definition) is 5. The Morgan fingerprint density at radius 3 is 2.42 bits per heavy atom. The molecule has 2 aromatic carbocycles. The first-order valence-corrected chi connectivity index (χ1v) is 7.80. The molecule has 0 saturated heterocycles. The van der Waals surface area contributed by atoms with Crippen LogP contribution in [0.2, 0.25) is 0 Å². The van der Waals surface area contributed by atoms with Crippen LogP contribution in [0.3, 0.4) is 0 Å². The minimum atomic E-state index is -0.511. The number of methoxy groups -OCH3 is 1. The molecule has 0 spiro atoms. The highest BCUT2D eigenvalue weighted by molar-refractivity contribution is 6.45.